The van der Waals surface area contributed by atoms with Crippen LogP contribution in [0.5, 0.6) is 0 Å². The van der Waals surface area contributed by atoms with E-state index in [1.54, 1.807) is 0 Å². The van der Waals surface area contributed by atoms with E-state index in [0.29, 0.717) is 0 Å². The van der Waals surface area contributed by atoms with Crippen LogP contribution >= 0.6 is 0 Å². The van der Waals surface area contributed by atoms with Crippen LogP contribution in [0.25, 0.3) is 0 Å². The summed E-state index contributed by atoms with van der Waals surface area (Å²) in [6.07, 6.45) is 0. The van der Waals surface area contributed by atoms with Crippen molar-refractivity contribution in [3.63, 3.8) is 0 Å². The van der Waals surface area contributed by atoms with Crippen molar-refractivity contribution in [2.75, 3.05) is 0 Å². The van der Waals surface area contributed by atoms with Gasteiger partial charge in [-0.05, 0) is 0 Å². The summed E-state index contributed by atoms with van der Waals surface area (Å²) < 4.78 is 0. The third kappa shape index (κ3) is 55.8. The molecular weight excluding hydrogens is 197 g/mol. The molecule has 27 valence electrons. The van der Waals surface area contributed by atoms with Crippen molar-refractivity contribution in [1.29, 1.82) is 0 Å². The average Bonchev–Trinajstić information content (AvgIpc) is 0.811. The maximum atomic E-state index is 9.00. The molecule has 0 bridgehead atoms. The van der Waals surface area contributed by atoms with Gasteiger partial charge in [0.2, 0.25) is 0 Å². The molecule has 0 fully saturated rings. The molecule has 0 aromatic carbocycles. The van der Waals surface area contributed by atoms with Gasteiger partial charge >= 0.3 is 0 Å². The summed E-state index contributed by atoms with van der Waals surface area (Å²) in [5.74, 6) is -0.833. The fourth-order valence-corrected chi connectivity index (χ4v) is 0. The molecule has 0 aliphatic carbocycles. The molecule has 0 amide bonds. The van der Waals surface area contributed by atoms with Crippen molar-refractivity contribution in [2.24, 2.45) is 0 Å². The molecule has 0 unspecified atom stereocenters. The molecule has 0 aromatic rings. The van der Waals surface area contributed by atoms with E-state index in [-0.39, 0.29) is 41.3 Å². The minimum Gasteiger partial charge on any atom is -0.481 e. The Hall–Kier alpha value is 0.834. The zero-order valence-electron chi connectivity index (χ0n) is 2.93. The Balaban J connectivity index is 0. The van der Waals surface area contributed by atoms with E-state index < -0.39 is 5.97 Å². The van der Waals surface area contributed by atoms with Crippen LogP contribution in [0.3, 0.4) is 0 Å². The molecule has 0 aliphatic rings. The van der Waals surface area contributed by atoms with Gasteiger partial charge in [0.1, 0.15) is 0 Å². The molecule has 5 heavy (non-hydrogen) atoms. The van der Waals surface area contributed by atoms with Crippen LogP contribution in [0.1, 0.15) is 6.92 Å². The Morgan fingerprint density at radius 3 is 1.80 bits per heavy atom. The Bertz CT molecular complexity index is 30.6. The fourth-order valence-electron chi connectivity index (χ4n) is 0. The van der Waals surface area contributed by atoms with Crippen molar-refractivity contribution < 1.29 is 51.2 Å². The van der Waals surface area contributed by atoms with Gasteiger partial charge < -0.3 is 5.11 Å². The first-order chi connectivity index (χ1) is 1.73. The summed E-state index contributed by atoms with van der Waals surface area (Å²) in [6, 6.07) is 0. The van der Waals surface area contributed by atoms with E-state index in [1.807, 2.05) is 0 Å². The molecule has 3 heteroatoms. The van der Waals surface area contributed by atoms with E-state index >= 15 is 0 Å². The smallest absolute Gasteiger partial charge is 0.300 e. The molecule has 0 saturated carbocycles. The maximum Gasteiger partial charge on any atom is 0.300 e. The fraction of sp³-hybridized carbons (Fsp3) is 0.500. The molecule has 0 saturated heterocycles. The van der Waals surface area contributed by atoms with Crippen LogP contribution < -0.4 is 0 Å². The number of carbonyl (C=O) groups is 1. The van der Waals surface area contributed by atoms with Gasteiger partial charge in [0.05, 0.1) is 0 Å². The van der Waals surface area contributed by atoms with E-state index in [1.165, 1.54) is 0 Å². The van der Waals surface area contributed by atoms with Gasteiger partial charge in [-0.15, -0.1) is 0 Å². The third-order valence-electron chi connectivity index (χ3n) is 0. The van der Waals surface area contributed by atoms with E-state index in [4.69, 9.17) is 9.90 Å². The van der Waals surface area contributed by atoms with Crippen molar-refractivity contribution in [1.82, 2.24) is 0 Å². The normalized spacial score (nSPS) is 5.00. The summed E-state index contributed by atoms with van der Waals surface area (Å²) in [6.45, 7) is 1.08. The molecule has 0 heterocycles. The summed E-state index contributed by atoms with van der Waals surface area (Å²) in [5.41, 5.74) is 0. The summed E-state index contributed by atoms with van der Waals surface area (Å²) in [5, 5.41) is 7.42. The van der Waals surface area contributed by atoms with Crippen molar-refractivity contribution in [3.8, 4) is 0 Å². The Morgan fingerprint density at radius 1 is 1.80 bits per heavy atom. The van der Waals surface area contributed by atoms with E-state index in [0.717, 1.165) is 6.92 Å². The van der Waals surface area contributed by atoms with Gasteiger partial charge in [0.25, 0.3) is 5.97 Å². The van der Waals surface area contributed by atoms with Crippen LogP contribution in [0, 0.1) is 41.3 Å². The predicted octanol–water partition coefficient (Wildman–Crippen LogP) is 0.0909. The van der Waals surface area contributed by atoms with Crippen LogP contribution in [-0.4, -0.2) is 11.1 Å². The molecule has 0 rings (SSSR count). The second-order valence-electron chi connectivity index (χ2n) is 0.519. The standard InChI is InChI=1S/C2H4O2.Pr/c1-2(3)4;/h1H3,(H,3,4);. The van der Waals surface area contributed by atoms with Crippen LogP contribution in [0.2, 0.25) is 0 Å². The van der Waals surface area contributed by atoms with Crippen LogP contribution in [0.15, 0.2) is 0 Å². The van der Waals surface area contributed by atoms with Gasteiger partial charge in [0, 0.05) is 48.2 Å². The second kappa shape index (κ2) is 4.83. The zero-order valence-corrected chi connectivity index (χ0v) is 6.64. The topological polar surface area (TPSA) is 37.3 Å². The Morgan fingerprint density at radius 2 is 1.80 bits per heavy atom. The summed E-state index contributed by atoms with van der Waals surface area (Å²) in [4.78, 5) is 9.00. The van der Waals surface area contributed by atoms with E-state index in [9.17, 15) is 0 Å². The SMILES string of the molecule is CC(=O)O.[Pr]. The molecule has 1 radical (unpaired) electrons. The molecule has 0 atom stereocenters. The minimum absolute atomic E-state index is 0. The quantitative estimate of drug-likeness (QED) is 0.602. The first kappa shape index (κ1) is 9.27. The molecule has 0 aromatic heterocycles. The number of hydrogen-bond acceptors (Lipinski definition) is 1. The van der Waals surface area contributed by atoms with Gasteiger partial charge in [-0.1, -0.05) is 0 Å². The molecule has 0 aliphatic heterocycles. The second-order valence-corrected chi connectivity index (χ2v) is 0.519. The molecule has 2 nitrogen and oxygen atoms in total. The van der Waals surface area contributed by atoms with Gasteiger partial charge in [-0.3, -0.25) is 4.79 Å². The van der Waals surface area contributed by atoms with E-state index in [2.05, 4.69) is 0 Å². The molecular formula is C2H4O2Pr. The molecule has 0 spiro atoms. The average molecular weight is 201 g/mol. The number of hydrogen-bond donors (Lipinski definition) is 1. The van der Waals surface area contributed by atoms with Crippen molar-refractivity contribution in [3.05, 3.63) is 0 Å². The van der Waals surface area contributed by atoms with Crippen molar-refractivity contribution in [2.45, 2.75) is 6.92 Å². The minimum atomic E-state index is -0.833. The predicted molar refractivity (Wildman–Crippen MR) is 13.3 cm³/mol. The van der Waals surface area contributed by atoms with Gasteiger partial charge in [-0.2, -0.15) is 0 Å². The number of aliphatic carboxylic acids is 1. The Kier molecular flexibility index (Phi) is 8.97. The van der Waals surface area contributed by atoms with Crippen molar-refractivity contribution >= 4 is 5.97 Å². The maximum absolute atomic E-state index is 9.00. The monoisotopic (exact) mass is 201 g/mol. The number of rotatable bonds is 0. The summed E-state index contributed by atoms with van der Waals surface area (Å²) >= 11 is 0. The van der Waals surface area contributed by atoms with Crippen LogP contribution in [0.4, 0.5) is 0 Å². The third-order valence-corrected chi connectivity index (χ3v) is 0. The zero-order chi connectivity index (χ0) is 3.58. The number of carboxylic acids is 1. The van der Waals surface area contributed by atoms with Crippen LogP contribution in [-0.2, 0) is 4.79 Å². The first-order valence-electron chi connectivity index (χ1n) is 0.928. The summed E-state index contributed by atoms with van der Waals surface area (Å²) in [7, 11) is 0. The first-order valence-corrected chi connectivity index (χ1v) is 0.928. The van der Waals surface area contributed by atoms with Gasteiger partial charge in [0.15, 0.2) is 0 Å². The number of carboxylic acid groups (broad SMARTS) is 1. The van der Waals surface area contributed by atoms with Gasteiger partial charge in [-0.25, -0.2) is 0 Å². The molecule has 1 N–H and O–H groups in total. The largest absolute Gasteiger partial charge is 0.481 e. The Labute approximate surface area is 63.5 Å².